The molecule has 0 unspecified atom stereocenters. The number of imidazole rings is 1. The van der Waals surface area contributed by atoms with E-state index in [2.05, 4.69) is 20.4 Å². The number of nitrogens with one attached hydrogen (secondary N) is 1. The van der Waals surface area contributed by atoms with Crippen molar-refractivity contribution in [1.29, 1.82) is 0 Å². The third kappa shape index (κ3) is 5.31. The Morgan fingerprint density at radius 1 is 1.03 bits per heavy atom. The van der Waals surface area contributed by atoms with Gasteiger partial charge in [-0.1, -0.05) is 42.5 Å². The molecule has 0 aliphatic heterocycles. The summed E-state index contributed by atoms with van der Waals surface area (Å²) in [7, 11) is 0. The summed E-state index contributed by atoms with van der Waals surface area (Å²) in [6, 6.07) is 20.6. The van der Waals surface area contributed by atoms with Gasteiger partial charge in [0.05, 0.1) is 23.4 Å². The predicted octanol–water partition coefficient (Wildman–Crippen LogP) is 4.02. The molecule has 3 heterocycles. The zero-order valence-electron chi connectivity index (χ0n) is 19.7. The lowest BCUT2D eigenvalue weighted by Gasteiger charge is -2.09. The van der Waals surface area contributed by atoms with E-state index in [1.165, 1.54) is 10.7 Å². The van der Waals surface area contributed by atoms with Crippen molar-refractivity contribution in [2.75, 3.05) is 6.54 Å². The van der Waals surface area contributed by atoms with Crippen LogP contribution in [0.5, 0.6) is 0 Å². The number of hydrogen-bond donors (Lipinski definition) is 1. The SMILES string of the molecule is Cc1nc(-c2ccccc2)sc1-c1ccc(=O)n(CCNC(=O)c2ccc(Cn3ccnc3)cc2)n1. The van der Waals surface area contributed by atoms with Crippen LogP contribution in [0.15, 0.2) is 90.2 Å². The number of rotatable bonds is 8. The highest BCUT2D eigenvalue weighted by atomic mass is 32.1. The van der Waals surface area contributed by atoms with Gasteiger partial charge in [0.2, 0.25) is 0 Å². The quantitative estimate of drug-likeness (QED) is 0.350. The van der Waals surface area contributed by atoms with Gasteiger partial charge in [0.15, 0.2) is 0 Å². The average molecular weight is 497 g/mol. The van der Waals surface area contributed by atoms with Crippen LogP contribution in [0.4, 0.5) is 0 Å². The first kappa shape index (κ1) is 23.4. The lowest BCUT2D eigenvalue weighted by Crippen LogP contribution is -2.31. The van der Waals surface area contributed by atoms with Crippen LogP contribution in [0.1, 0.15) is 21.6 Å². The normalized spacial score (nSPS) is 10.9. The minimum Gasteiger partial charge on any atom is -0.350 e. The van der Waals surface area contributed by atoms with Gasteiger partial charge in [-0.05, 0) is 30.7 Å². The Kier molecular flexibility index (Phi) is 6.81. The molecule has 0 atom stereocenters. The fourth-order valence-corrected chi connectivity index (χ4v) is 4.84. The summed E-state index contributed by atoms with van der Waals surface area (Å²) < 4.78 is 3.34. The van der Waals surface area contributed by atoms with Crippen molar-refractivity contribution in [3.63, 3.8) is 0 Å². The Bertz CT molecular complexity index is 1520. The summed E-state index contributed by atoms with van der Waals surface area (Å²) >= 11 is 1.54. The largest absolute Gasteiger partial charge is 0.350 e. The van der Waals surface area contributed by atoms with Crippen LogP contribution >= 0.6 is 11.3 Å². The number of benzene rings is 2. The van der Waals surface area contributed by atoms with Gasteiger partial charge in [-0.15, -0.1) is 11.3 Å². The number of aromatic nitrogens is 5. The maximum Gasteiger partial charge on any atom is 0.266 e. The molecule has 0 radical (unpaired) electrons. The van der Waals surface area contributed by atoms with E-state index in [9.17, 15) is 9.59 Å². The van der Waals surface area contributed by atoms with Crippen molar-refractivity contribution < 1.29 is 4.79 Å². The molecule has 0 saturated heterocycles. The van der Waals surface area contributed by atoms with Gasteiger partial charge >= 0.3 is 0 Å². The van der Waals surface area contributed by atoms with E-state index in [1.807, 2.05) is 60.2 Å². The summed E-state index contributed by atoms with van der Waals surface area (Å²) in [6.07, 6.45) is 5.38. The Balaban J connectivity index is 1.23. The van der Waals surface area contributed by atoms with Gasteiger partial charge in [0, 0.05) is 42.7 Å². The van der Waals surface area contributed by atoms with E-state index in [1.54, 1.807) is 42.1 Å². The maximum atomic E-state index is 12.6. The maximum absolute atomic E-state index is 12.6. The molecule has 5 aromatic rings. The van der Waals surface area contributed by atoms with Crippen molar-refractivity contribution >= 4 is 17.2 Å². The molecule has 0 bridgehead atoms. The Hall–Kier alpha value is -4.37. The molecule has 9 heteroatoms. The summed E-state index contributed by atoms with van der Waals surface area (Å²) in [5, 5.41) is 8.32. The van der Waals surface area contributed by atoms with E-state index in [-0.39, 0.29) is 24.6 Å². The molecule has 180 valence electrons. The highest BCUT2D eigenvalue weighted by Crippen LogP contribution is 2.33. The molecule has 0 spiro atoms. The molecule has 0 aliphatic carbocycles. The molecule has 2 aromatic carbocycles. The van der Waals surface area contributed by atoms with Crippen LogP contribution < -0.4 is 10.9 Å². The van der Waals surface area contributed by atoms with Gasteiger partial charge in [-0.25, -0.2) is 14.6 Å². The second-order valence-corrected chi connectivity index (χ2v) is 9.27. The van der Waals surface area contributed by atoms with Crippen molar-refractivity contribution in [3.05, 3.63) is 113 Å². The summed E-state index contributed by atoms with van der Waals surface area (Å²) in [5.74, 6) is -0.195. The summed E-state index contributed by atoms with van der Waals surface area (Å²) in [5.41, 5.74) is 4.01. The van der Waals surface area contributed by atoms with Crippen LogP contribution in [-0.4, -0.2) is 36.8 Å². The number of thiazole rings is 1. The minimum absolute atomic E-state index is 0.195. The van der Waals surface area contributed by atoms with E-state index in [0.29, 0.717) is 17.8 Å². The highest BCUT2D eigenvalue weighted by molar-refractivity contribution is 7.18. The van der Waals surface area contributed by atoms with Gasteiger partial charge in [-0.3, -0.25) is 9.59 Å². The number of carbonyl (C=O) groups excluding carboxylic acids is 1. The highest BCUT2D eigenvalue weighted by Gasteiger charge is 2.14. The molecule has 0 fully saturated rings. The lowest BCUT2D eigenvalue weighted by atomic mass is 10.1. The molecule has 5 rings (SSSR count). The molecular formula is C27H24N6O2S. The zero-order chi connectivity index (χ0) is 24.9. The van der Waals surface area contributed by atoms with Crippen LogP contribution in [0.2, 0.25) is 0 Å². The predicted molar refractivity (Wildman–Crippen MR) is 140 cm³/mol. The first-order valence-electron chi connectivity index (χ1n) is 11.5. The van der Waals surface area contributed by atoms with E-state index in [0.717, 1.165) is 26.7 Å². The van der Waals surface area contributed by atoms with Crippen molar-refractivity contribution in [2.24, 2.45) is 0 Å². The third-order valence-electron chi connectivity index (χ3n) is 5.67. The number of carbonyl (C=O) groups is 1. The van der Waals surface area contributed by atoms with Crippen LogP contribution in [0, 0.1) is 6.92 Å². The van der Waals surface area contributed by atoms with Gasteiger partial charge in [0.25, 0.3) is 11.5 Å². The molecule has 3 aromatic heterocycles. The fourth-order valence-electron chi connectivity index (χ4n) is 3.80. The second kappa shape index (κ2) is 10.5. The fraction of sp³-hybridized carbons (Fsp3) is 0.148. The topological polar surface area (TPSA) is 94.7 Å². The Morgan fingerprint density at radius 2 is 1.83 bits per heavy atom. The molecule has 0 aliphatic rings. The van der Waals surface area contributed by atoms with Crippen LogP contribution in [0.3, 0.4) is 0 Å². The molecule has 1 N–H and O–H groups in total. The average Bonchev–Trinajstić information content (AvgIpc) is 3.56. The van der Waals surface area contributed by atoms with Crippen LogP contribution in [-0.2, 0) is 13.1 Å². The molecular weight excluding hydrogens is 472 g/mol. The smallest absolute Gasteiger partial charge is 0.266 e. The summed E-state index contributed by atoms with van der Waals surface area (Å²) in [6.45, 7) is 3.18. The number of nitrogens with zero attached hydrogens (tertiary/aromatic N) is 5. The van der Waals surface area contributed by atoms with E-state index in [4.69, 9.17) is 0 Å². The monoisotopic (exact) mass is 496 g/mol. The van der Waals surface area contributed by atoms with E-state index < -0.39 is 0 Å². The number of amides is 1. The first-order valence-corrected chi connectivity index (χ1v) is 12.3. The number of hydrogen-bond acceptors (Lipinski definition) is 6. The van der Waals surface area contributed by atoms with E-state index >= 15 is 0 Å². The van der Waals surface area contributed by atoms with Gasteiger partial charge in [-0.2, -0.15) is 5.10 Å². The van der Waals surface area contributed by atoms with Crippen LogP contribution in [0.25, 0.3) is 21.1 Å². The second-order valence-electron chi connectivity index (χ2n) is 8.27. The molecule has 8 nitrogen and oxygen atoms in total. The Morgan fingerprint density at radius 3 is 2.58 bits per heavy atom. The third-order valence-corrected chi connectivity index (χ3v) is 6.90. The van der Waals surface area contributed by atoms with Gasteiger partial charge in [0.1, 0.15) is 10.7 Å². The van der Waals surface area contributed by atoms with Crippen molar-refractivity contribution in [3.8, 4) is 21.1 Å². The molecule has 0 saturated carbocycles. The molecule has 36 heavy (non-hydrogen) atoms. The van der Waals surface area contributed by atoms with Gasteiger partial charge < -0.3 is 9.88 Å². The lowest BCUT2D eigenvalue weighted by molar-refractivity contribution is 0.0951. The Labute approximate surface area is 211 Å². The minimum atomic E-state index is -0.220. The first-order chi connectivity index (χ1) is 17.6. The summed E-state index contributed by atoms with van der Waals surface area (Å²) in [4.78, 5) is 34.6. The number of aryl methyl sites for hydroxylation is 1. The standard InChI is InChI=1S/C27H24N6O2S/c1-19-25(36-27(30-19)22-5-3-2-4-6-22)23-11-12-24(34)33(31-23)16-14-29-26(35)21-9-7-20(8-10-21)17-32-15-13-28-18-32/h2-13,15,18H,14,16-17H2,1H3,(H,29,35). The van der Waals surface area contributed by atoms with Crippen molar-refractivity contribution in [2.45, 2.75) is 20.0 Å². The zero-order valence-corrected chi connectivity index (χ0v) is 20.5. The van der Waals surface area contributed by atoms with Crippen molar-refractivity contribution in [1.82, 2.24) is 29.6 Å². The molecule has 1 amide bonds.